The predicted molar refractivity (Wildman–Crippen MR) is 101 cm³/mol. The fourth-order valence-corrected chi connectivity index (χ4v) is 4.16. The first-order valence-corrected chi connectivity index (χ1v) is 9.79. The van der Waals surface area contributed by atoms with Crippen LogP contribution in [0.1, 0.15) is 31.7 Å². The smallest absolute Gasteiger partial charge is 0.308 e. The Morgan fingerprint density at radius 3 is 2.30 bits per heavy atom. The average Bonchev–Trinajstić information content (AvgIpc) is 3.08. The maximum atomic E-state index is 12.7. The Balaban J connectivity index is 1.45. The number of carbonyl (C=O) groups is 3. The number of rotatable bonds is 5. The monoisotopic (exact) mass is 372 g/mol. The minimum absolute atomic E-state index is 0.00824. The van der Waals surface area contributed by atoms with Gasteiger partial charge in [-0.2, -0.15) is 0 Å². The Hall–Kier alpha value is -2.37. The average molecular weight is 372 g/mol. The van der Waals surface area contributed by atoms with Gasteiger partial charge >= 0.3 is 5.97 Å². The molecule has 3 rings (SSSR count). The quantitative estimate of drug-likeness (QED) is 0.858. The Morgan fingerprint density at radius 1 is 1.04 bits per heavy atom. The third-order valence-electron chi connectivity index (χ3n) is 5.91. The number of likely N-dealkylation sites (tertiary alicyclic amines) is 2. The lowest BCUT2D eigenvalue weighted by molar-refractivity contribution is -0.143. The number of nitrogens with zero attached hydrogens (tertiary/aromatic N) is 2. The summed E-state index contributed by atoms with van der Waals surface area (Å²) >= 11 is 0. The number of benzene rings is 1. The van der Waals surface area contributed by atoms with Crippen molar-refractivity contribution in [1.82, 2.24) is 9.80 Å². The standard InChI is InChI=1S/C21H28N2O4/c1-15-13-23(14-18(15)21(26)27)20(25)17-9-11-22(12-10-17)19(24)8-7-16-5-3-2-4-6-16/h2-6,15,17-18H,7-14H2,1H3,(H,26,27)/t15-,18-/m1/s1. The van der Waals surface area contributed by atoms with Crippen molar-refractivity contribution in [2.45, 2.75) is 32.6 Å². The Morgan fingerprint density at radius 2 is 1.70 bits per heavy atom. The highest BCUT2D eigenvalue weighted by Crippen LogP contribution is 2.27. The Kier molecular flexibility index (Phi) is 6.14. The van der Waals surface area contributed by atoms with Crippen molar-refractivity contribution >= 4 is 17.8 Å². The van der Waals surface area contributed by atoms with Crippen LogP contribution in [0.4, 0.5) is 0 Å². The van der Waals surface area contributed by atoms with Gasteiger partial charge in [-0.25, -0.2) is 0 Å². The third-order valence-corrected chi connectivity index (χ3v) is 5.91. The molecule has 2 saturated heterocycles. The van der Waals surface area contributed by atoms with Gasteiger partial charge in [-0.15, -0.1) is 0 Å². The summed E-state index contributed by atoms with van der Waals surface area (Å²) in [5, 5.41) is 9.24. The van der Waals surface area contributed by atoms with Gasteiger partial charge in [0, 0.05) is 38.5 Å². The molecule has 2 aliphatic rings. The lowest BCUT2D eigenvalue weighted by atomic mass is 9.95. The van der Waals surface area contributed by atoms with Gasteiger partial charge in [0.25, 0.3) is 0 Å². The van der Waals surface area contributed by atoms with Gasteiger partial charge < -0.3 is 14.9 Å². The molecule has 146 valence electrons. The SMILES string of the molecule is C[C@@H]1CN(C(=O)C2CCN(C(=O)CCc3ccccc3)CC2)C[C@H]1C(=O)O. The number of carbonyl (C=O) groups excluding carboxylic acids is 2. The molecule has 2 atom stereocenters. The normalized spacial score (nSPS) is 23.4. The zero-order valence-corrected chi connectivity index (χ0v) is 15.8. The van der Waals surface area contributed by atoms with Crippen LogP contribution in [0, 0.1) is 17.8 Å². The summed E-state index contributed by atoms with van der Waals surface area (Å²) in [6, 6.07) is 9.97. The molecule has 0 radical (unpaired) electrons. The maximum Gasteiger partial charge on any atom is 0.308 e. The number of piperidine rings is 1. The highest BCUT2D eigenvalue weighted by molar-refractivity contribution is 5.82. The van der Waals surface area contributed by atoms with E-state index in [2.05, 4.69) is 0 Å². The molecular weight excluding hydrogens is 344 g/mol. The van der Waals surface area contributed by atoms with Gasteiger partial charge in [0.05, 0.1) is 5.92 Å². The molecule has 2 fully saturated rings. The van der Waals surface area contributed by atoms with Crippen molar-refractivity contribution in [3.05, 3.63) is 35.9 Å². The van der Waals surface area contributed by atoms with E-state index in [0.717, 1.165) is 12.0 Å². The number of hydrogen-bond acceptors (Lipinski definition) is 3. The molecule has 2 aliphatic heterocycles. The lowest BCUT2D eigenvalue weighted by Crippen LogP contribution is -2.44. The highest BCUT2D eigenvalue weighted by atomic mass is 16.4. The van der Waals surface area contributed by atoms with Crippen LogP contribution >= 0.6 is 0 Å². The van der Waals surface area contributed by atoms with Gasteiger partial charge in [-0.1, -0.05) is 37.3 Å². The number of aliphatic carboxylic acids is 1. The number of carboxylic acid groups (broad SMARTS) is 1. The summed E-state index contributed by atoms with van der Waals surface area (Å²) in [5.74, 6) is -1.19. The van der Waals surface area contributed by atoms with Crippen molar-refractivity contribution in [3.63, 3.8) is 0 Å². The van der Waals surface area contributed by atoms with Crippen LogP contribution in [0.25, 0.3) is 0 Å². The first kappa shape index (κ1) is 19.4. The molecule has 1 aromatic rings. The van der Waals surface area contributed by atoms with E-state index in [-0.39, 0.29) is 23.7 Å². The van der Waals surface area contributed by atoms with E-state index in [1.54, 1.807) is 4.90 Å². The van der Waals surface area contributed by atoms with Crippen molar-refractivity contribution in [3.8, 4) is 0 Å². The fourth-order valence-electron chi connectivity index (χ4n) is 4.16. The zero-order chi connectivity index (χ0) is 19.4. The summed E-state index contributed by atoms with van der Waals surface area (Å²) in [6.45, 7) is 3.93. The number of hydrogen-bond donors (Lipinski definition) is 1. The topological polar surface area (TPSA) is 77.9 Å². The third kappa shape index (κ3) is 4.67. The van der Waals surface area contributed by atoms with Crippen LogP contribution in [0.5, 0.6) is 0 Å². The van der Waals surface area contributed by atoms with Gasteiger partial charge in [-0.05, 0) is 30.7 Å². The molecule has 2 amide bonds. The predicted octanol–water partition coefficient (Wildman–Crippen LogP) is 2.04. The lowest BCUT2D eigenvalue weighted by Gasteiger charge is -2.33. The molecule has 1 N–H and O–H groups in total. The second-order valence-corrected chi connectivity index (χ2v) is 7.81. The van der Waals surface area contributed by atoms with E-state index >= 15 is 0 Å². The van der Waals surface area contributed by atoms with Crippen molar-refractivity contribution in [2.75, 3.05) is 26.2 Å². The van der Waals surface area contributed by atoms with E-state index in [0.29, 0.717) is 45.4 Å². The molecule has 0 aliphatic carbocycles. The molecule has 0 saturated carbocycles. The molecule has 27 heavy (non-hydrogen) atoms. The van der Waals surface area contributed by atoms with E-state index in [1.807, 2.05) is 42.2 Å². The Labute approximate surface area is 160 Å². The molecule has 6 nitrogen and oxygen atoms in total. The summed E-state index contributed by atoms with van der Waals surface area (Å²) in [7, 11) is 0. The first-order chi connectivity index (χ1) is 13.0. The van der Waals surface area contributed by atoms with E-state index in [4.69, 9.17) is 0 Å². The van der Waals surface area contributed by atoms with Crippen LogP contribution in [0.15, 0.2) is 30.3 Å². The van der Waals surface area contributed by atoms with E-state index in [9.17, 15) is 19.5 Å². The summed E-state index contributed by atoms with van der Waals surface area (Å²) in [4.78, 5) is 40.0. The summed E-state index contributed by atoms with van der Waals surface area (Å²) in [6.07, 6.45) is 2.56. The van der Waals surface area contributed by atoms with Gasteiger partial charge in [0.2, 0.25) is 11.8 Å². The Bertz CT molecular complexity index is 683. The number of aryl methyl sites for hydroxylation is 1. The van der Waals surface area contributed by atoms with Gasteiger partial charge in [0.15, 0.2) is 0 Å². The molecule has 0 spiro atoms. The van der Waals surface area contributed by atoms with Crippen molar-refractivity contribution in [1.29, 1.82) is 0 Å². The van der Waals surface area contributed by atoms with Crippen LogP contribution in [0.2, 0.25) is 0 Å². The van der Waals surface area contributed by atoms with Crippen LogP contribution in [-0.2, 0) is 20.8 Å². The van der Waals surface area contributed by atoms with Crippen LogP contribution < -0.4 is 0 Å². The summed E-state index contributed by atoms with van der Waals surface area (Å²) < 4.78 is 0. The summed E-state index contributed by atoms with van der Waals surface area (Å²) in [5.41, 5.74) is 1.16. The highest BCUT2D eigenvalue weighted by Gasteiger charge is 2.39. The molecule has 0 aromatic heterocycles. The molecular formula is C21H28N2O4. The first-order valence-electron chi connectivity index (χ1n) is 9.79. The van der Waals surface area contributed by atoms with Crippen LogP contribution in [-0.4, -0.2) is 58.9 Å². The zero-order valence-electron chi connectivity index (χ0n) is 15.8. The second kappa shape index (κ2) is 8.55. The molecule has 1 aromatic carbocycles. The molecule has 0 bridgehead atoms. The maximum absolute atomic E-state index is 12.7. The second-order valence-electron chi connectivity index (χ2n) is 7.81. The van der Waals surface area contributed by atoms with Crippen LogP contribution in [0.3, 0.4) is 0 Å². The number of carboxylic acids is 1. The number of amides is 2. The van der Waals surface area contributed by atoms with E-state index < -0.39 is 11.9 Å². The largest absolute Gasteiger partial charge is 0.481 e. The molecule has 6 heteroatoms. The fraction of sp³-hybridized carbons (Fsp3) is 0.571. The van der Waals surface area contributed by atoms with Gasteiger partial charge in [0.1, 0.15) is 0 Å². The van der Waals surface area contributed by atoms with Gasteiger partial charge in [-0.3, -0.25) is 14.4 Å². The minimum Gasteiger partial charge on any atom is -0.481 e. The minimum atomic E-state index is -0.823. The molecule has 0 unspecified atom stereocenters. The van der Waals surface area contributed by atoms with E-state index in [1.165, 1.54) is 0 Å². The van der Waals surface area contributed by atoms with Crippen molar-refractivity contribution in [2.24, 2.45) is 17.8 Å². The molecule has 2 heterocycles. The van der Waals surface area contributed by atoms with Crippen molar-refractivity contribution < 1.29 is 19.5 Å².